The summed E-state index contributed by atoms with van der Waals surface area (Å²) in [5, 5.41) is 10.1. The van der Waals surface area contributed by atoms with Gasteiger partial charge in [0.05, 0.1) is 18.1 Å². The van der Waals surface area contributed by atoms with E-state index < -0.39 is 6.10 Å². The highest BCUT2D eigenvalue weighted by Crippen LogP contribution is 2.17. The topological polar surface area (TPSA) is 38.0 Å². The predicted molar refractivity (Wildman–Crippen MR) is 72.3 cm³/mol. The Balaban J connectivity index is 1.91. The maximum absolute atomic E-state index is 10.1. The lowest BCUT2D eigenvalue weighted by atomic mass is 10.1. The first-order valence-corrected chi connectivity index (χ1v) is 6.41. The number of hydrogen-bond acceptors (Lipinski definition) is 2. The van der Waals surface area contributed by atoms with Gasteiger partial charge in [0, 0.05) is 12.7 Å². The Morgan fingerprint density at radius 3 is 2.56 bits per heavy atom. The molecule has 1 unspecified atom stereocenters. The maximum Gasteiger partial charge on any atom is 0.0949 e. The molecule has 0 aliphatic rings. The number of aromatic nitrogens is 2. The Hall–Kier alpha value is -1.61. The van der Waals surface area contributed by atoms with Crippen LogP contribution in [0.5, 0.6) is 0 Å². The first-order valence-electron chi connectivity index (χ1n) is 6.41. The molecule has 2 rings (SSSR count). The van der Waals surface area contributed by atoms with Gasteiger partial charge >= 0.3 is 0 Å². The van der Waals surface area contributed by atoms with Gasteiger partial charge in [-0.25, -0.2) is 4.98 Å². The van der Waals surface area contributed by atoms with Crippen LogP contribution in [0, 0.1) is 0 Å². The summed E-state index contributed by atoms with van der Waals surface area (Å²) in [4.78, 5) is 4.35. The predicted octanol–water partition coefficient (Wildman–Crippen LogP) is 3.13. The molecule has 0 fully saturated rings. The molecule has 0 bridgehead atoms. The van der Waals surface area contributed by atoms with Gasteiger partial charge in [0.1, 0.15) is 0 Å². The van der Waals surface area contributed by atoms with Crippen molar-refractivity contribution in [2.45, 2.75) is 38.8 Å². The van der Waals surface area contributed by atoms with Crippen molar-refractivity contribution in [1.29, 1.82) is 0 Å². The number of hydrogen-bond donors (Lipinski definition) is 1. The Labute approximate surface area is 108 Å². The average molecular weight is 244 g/mol. The number of imidazole rings is 1. The molecule has 0 saturated heterocycles. The van der Waals surface area contributed by atoms with Gasteiger partial charge in [-0.1, -0.05) is 44.2 Å². The third-order valence-corrected chi connectivity index (χ3v) is 3.09. The molecule has 1 heterocycles. The van der Waals surface area contributed by atoms with Crippen molar-refractivity contribution in [3.63, 3.8) is 0 Å². The minimum absolute atomic E-state index is 0.406. The fourth-order valence-electron chi connectivity index (χ4n) is 1.91. The van der Waals surface area contributed by atoms with Gasteiger partial charge in [-0.3, -0.25) is 0 Å². The Kier molecular flexibility index (Phi) is 4.15. The molecule has 3 nitrogen and oxygen atoms in total. The number of aliphatic hydroxyl groups excluding tert-OH is 1. The molecular weight excluding hydrogens is 224 g/mol. The van der Waals surface area contributed by atoms with Crippen LogP contribution in [0.1, 0.15) is 43.5 Å². The first-order chi connectivity index (χ1) is 8.66. The number of nitrogens with zero attached hydrogens (tertiary/aromatic N) is 2. The van der Waals surface area contributed by atoms with Crippen molar-refractivity contribution in [3.05, 3.63) is 54.1 Å². The van der Waals surface area contributed by atoms with Crippen LogP contribution in [0.15, 0.2) is 42.9 Å². The quantitative estimate of drug-likeness (QED) is 0.877. The van der Waals surface area contributed by atoms with Gasteiger partial charge in [-0.2, -0.15) is 0 Å². The molecule has 18 heavy (non-hydrogen) atoms. The van der Waals surface area contributed by atoms with Crippen molar-refractivity contribution < 1.29 is 5.11 Å². The summed E-state index contributed by atoms with van der Waals surface area (Å²) in [5.74, 6) is 0.449. The number of rotatable bonds is 5. The smallest absolute Gasteiger partial charge is 0.0949 e. The molecule has 0 saturated carbocycles. The van der Waals surface area contributed by atoms with Gasteiger partial charge in [-0.05, 0) is 17.9 Å². The molecule has 0 radical (unpaired) electrons. The summed E-state index contributed by atoms with van der Waals surface area (Å²) in [5.41, 5.74) is 2.07. The van der Waals surface area contributed by atoms with Crippen LogP contribution in [0.3, 0.4) is 0 Å². The lowest BCUT2D eigenvalue weighted by Crippen LogP contribution is -2.03. The molecule has 96 valence electrons. The summed E-state index contributed by atoms with van der Waals surface area (Å²) >= 11 is 0. The SMILES string of the molecule is CC(C)c1cn(CCC(O)c2ccccc2)cn1. The Morgan fingerprint density at radius 1 is 1.22 bits per heavy atom. The zero-order valence-corrected chi connectivity index (χ0v) is 11.0. The van der Waals surface area contributed by atoms with Gasteiger partial charge < -0.3 is 9.67 Å². The molecule has 0 spiro atoms. The third kappa shape index (κ3) is 3.20. The van der Waals surface area contributed by atoms with Gasteiger partial charge in [-0.15, -0.1) is 0 Å². The van der Waals surface area contributed by atoms with Crippen molar-refractivity contribution in [1.82, 2.24) is 9.55 Å². The Morgan fingerprint density at radius 2 is 1.94 bits per heavy atom. The molecule has 1 atom stereocenters. The van der Waals surface area contributed by atoms with Crippen molar-refractivity contribution in [3.8, 4) is 0 Å². The summed E-state index contributed by atoms with van der Waals surface area (Å²) in [6.45, 7) is 5.05. The summed E-state index contributed by atoms with van der Waals surface area (Å²) in [7, 11) is 0. The molecule has 3 heteroatoms. The fraction of sp³-hybridized carbons (Fsp3) is 0.400. The van der Waals surface area contributed by atoms with Crippen LogP contribution in [-0.2, 0) is 6.54 Å². The lowest BCUT2D eigenvalue weighted by Gasteiger charge is -2.11. The minimum Gasteiger partial charge on any atom is -0.388 e. The monoisotopic (exact) mass is 244 g/mol. The molecular formula is C15H20N2O. The molecule has 0 aliphatic carbocycles. The van der Waals surface area contributed by atoms with Crippen LogP contribution in [0.4, 0.5) is 0 Å². The van der Waals surface area contributed by atoms with Crippen molar-refractivity contribution >= 4 is 0 Å². The summed E-state index contributed by atoms with van der Waals surface area (Å²) < 4.78 is 2.04. The van der Waals surface area contributed by atoms with E-state index in [0.29, 0.717) is 12.3 Å². The van der Waals surface area contributed by atoms with E-state index in [1.54, 1.807) is 0 Å². The highest BCUT2D eigenvalue weighted by Gasteiger charge is 2.08. The van der Waals surface area contributed by atoms with Crippen molar-refractivity contribution in [2.75, 3.05) is 0 Å². The van der Waals surface area contributed by atoms with Crippen LogP contribution >= 0.6 is 0 Å². The van der Waals surface area contributed by atoms with Crippen LogP contribution in [0.2, 0.25) is 0 Å². The maximum atomic E-state index is 10.1. The average Bonchev–Trinajstić information content (AvgIpc) is 2.86. The lowest BCUT2D eigenvalue weighted by molar-refractivity contribution is 0.161. The largest absolute Gasteiger partial charge is 0.388 e. The molecule has 1 aromatic carbocycles. The van der Waals surface area contributed by atoms with Crippen LogP contribution in [0.25, 0.3) is 0 Å². The second-order valence-electron chi connectivity index (χ2n) is 4.91. The molecule has 2 aromatic rings. The Bertz CT molecular complexity index is 476. The number of benzene rings is 1. The van der Waals surface area contributed by atoms with E-state index in [2.05, 4.69) is 25.0 Å². The molecule has 1 N–H and O–H groups in total. The van der Waals surface area contributed by atoms with Gasteiger partial charge in [0.15, 0.2) is 0 Å². The van der Waals surface area contributed by atoms with Crippen molar-refractivity contribution in [2.24, 2.45) is 0 Å². The number of aryl methyl sites for hydroxylation is 1. The normalized spacial score (nSPS) is 12.9. The minimum atomic E-state index is -0.406. The van der Waals surface area contributed by atoms with E-state index in [4.69, 9.17) is 0 Å². The van der Waals surface area contributed by atoms with Crippen LogP contribution in [-0.4, -0.2) is 14.7 Å². The highest BCUT2D eigenvalue weighted by molar-refractivity contribution is 5.17. The zero-order chi connectivity index (χ0) is 13.0. The first kappa shape index (κ1) is 12.8. The number of aliphatic hydroxyl groups is 1. The van der Waals surface area contributed by atoms with E-state index in [1.165, 1.54) is 0 Å². The second-order valence-corrected chi connectivity index (χ2v) is 4.91. The standard InChI is InChI=1S/C15H20N2O/c1-12(2)14-10-17(11-16-14)9-8-15(18)13-6-4-3-5-7-13/h3-7,10-12,15,18H,8-9H2,1-2H3. The van der Waals surface area contributed by atoms with E-state index in [-0.39, 0.29) is 0 Å². The summed E-state index contributed by atoms with van der Waals surface area (Å²) in [6, 6.07) is 9.77. The summed E-state index contributed by atoms with van der Waals surface area (Å²) in [6.07, 6.45) is 4.20. The second kappa shape index (κ2) is 5.83. The third-order valence-electron chi connectivity index (χ3n) is 3.09. The van der Waals surface area contributed by atoms with Gasteiger partial charge in [0.25, 0.3) is 0 Å². The molecule has 0 amide bonds. The van der Waals surface area contributed by atoms with E-state index in [1.807, 2.05) is 41.2 Å². The highest BCUT2D eigenvalue weighted by atomic mass is 16.3. The fourth-order valence-corrected chi connectivity index (χ4v) is 1.91. The van der Waals surface area contributed by atoms with E-state index in [0.717, 1.165) is 17.8 Å². The van der Waals surface area contributed by atoms with E-state index >= 15 is 0 Å². The van der Waals surface area contributed by atoms with E-state index in [9.17, 15) is 5.11 Å². The molecule has 1 aromatic heterocycles. The van der Waals surface area contributed by atoms with Crippen LogP contribution < -0.4 is 0 Å². The van der Waals surface area contributed by atoms with Gasteiger partial charge in [0.2, 0.25) is 0 Å². The zero-order valence-electron chi connectivity index (χ0n) is 11.0. The molecule has 0 aliphatic heterocycles.